The average Bonchev–Trinajstić information content (AvgIpc) is 2.49. The highest BCUT2D eigenvalue weighted by Gasteiger charge is 2.13. The Morgan fingerprint density at radius 3 is 2.29 bits per heavy atom. The van der Waals surface area contributed by atoms with Gasteiger partial charge in [-0.15, -0.1) is 0 Å². The molecule has 0 unspecified atom stereocenters. The largest absolute Gasteiger partial charge is 0.325 e. The van der Waals surface area contributed by atoms with Crippen molar-refractivity contribution in [2.24, 2.45) is 10.8 Å². The molecule has 0 spiro atoms. The van der Waals surface area contributed by atoms with E-state index in [0.717, 1.165) is 11.1 Å². The van der Waals surface area contributed by atoms with E-state index < -0.39 is 10.0 Å². The van der Waals surface area contributed by atoms with E-state index in [1.165, 1.54) is 12.1 Å². The smallest absolute Gasteiger partial charge is 0.276 e. The maximum atomic E-state index is 12.1. The van der Waals surface area contributed by atoms with E-state index >= 15 is 0 Å². The van der Waals surface area contributed by atoms with Gasteiger partial charge in [-0.3, -0.25) is 0 Å². The lowest BCUT2D eigenvalue weighted by atomic mass is 10.1. The van der Waals surface area contributed by atoms with E-state index in [9.17, 15) is 8.42 Å². The molecule has 0 atom stereocenters. The predicted molar refractivity (Wildman–Crippen MR) is 83.5 cm³/mol. The van der Waals surface area contributed by atoms with E-state index in [1.807, 2.05) is 37.3 Å². The molecule has 6 heteroatoms. The van der Waals surface area contributed by atoms with Crippen molar-refractivity contribution in [2.45, 2.75) is 11.8 Å². The SMILES string of the molecule is Cc1ccc(S(=O)(=O)NN=C(CN)c2ccccc2)cc1. The van der Waals surface area contributed by atoms with Crippen LogP contribution in [-0.4, -0.2) is 20.7 Å². The van der Waals surface area contributed by atoms with Gasteiger partial charge in [-0.25, -0.2) is 0 Å². The van der Waals surface area contributed by atoms with Crippen molar-refractivity contribution in [1.29, 1.82) is 0 Å². The van der Waals surface area contributed by atoms with Crippen LogP contribution in [0.2, 0.25) is 0 Å². The second-order valence-corrected chi connectivity index (χ2v) is 6.20. The quantitative estimate of drug-likeness (QED) is 0.650. The molecule has 0 saturated carbocycles. The van der Waals surface area contributed by atoms with E-state index in [2.05, 4.69) is 9.93 Å². The third kappa shape index (κ3) is 3.90. The number of hydrogen-bond donors (Lipinski definition) is 2. The maximum absolute atomic E-state index is 12.1. The number of sulfonamides is 1. The minimum absolute atomic E-state index is 0.139. The molecule has 0 bridgehead atoms. The van der Waals surface area contributed by atoms with Gasteiger partial charge < -0.3 is 5.73 Å². The summed E-state index contributed by atoms with van der Waals surface area (Å²) in [6, 6.07) is 15.8. The highest BCUT2D eigenvalue weighted by molar-refractivity contribution is 7.89. The monoisotopic (exact) mass is 303 g/mol. The van der Waals surface area contributed by atoms with E-state index in [0.29, 0.717) is 5.71 Å². The van der Waals surface area contributed by atoms with E-state index in [-0.39, 0.29) is 11.4 Å². The van der Waals surface area contributed by atoms with Gasteiger partial charge in [-0.05, 0) is 24.6 Å². The minimum Gasteiger partial charge on any atom is -0.325 e. The van der Waals surface area contributed by atoms with Crippen LogP contribution in [-0.2, 0) is 10.0 Å². The molecule has 0 aliphatic heterocycles. The summed E-state index contributed by atoms with van der Waals surface area (Å²) < 4.78 is 24.3. The first-order valence-electron chi connectivity index (χ1n) is 6.43. The fourth-order valence-electron chi connectivity index (χ4n) is 1.74. The summed E-state index contributed by atoms with van der Waals surface area (Å²) in [6.07, 6.45) is 0. The number of rotatable bonds is 5. The molecule has 0 saturated heterocycles. The Hall–Kier alpha value is -2.18. The molecule has 0 aromatic heterocycles. The number of nitrogens with two attached hydrogens (primary N) is 1. The Morgan fingerprint density at radius 2 is 1.71 bits per heavy atom. The Kier molecular flexibility index (Phi) is 4.72. The molecule has 21 heavy (non-hydrogen) atoms. The molecule has 0 amide bonds. The number of benzene rings is 2. The molecule has 0 fully saturated rings. The predicted octanol–water partition coefficient (Wildman–Crippen LogP) is 1.64. The molecule has 0 heterocycles. The minimum atomic E-state index is -3.68. The number of aryl methyl sites for hydroxylation is 1. The first-order chi connectivity index (χ1) is 10.0. The van der Waals surface area contributed by atoms with Gasteiger partial charge in [0.15, 0.2) is 0 Å². The molecular formula is C15H17N3O2S. The molecular weight excluding hydrogens is 286 g/mol. The fraction of sp³-hybridized carbons (Fsp3) is 0.133. The second kappa shape index (κ2) is 6.51. The van der Waals surface area contributed by atoms with Crippen molar-refractivity contribution in [2.75, 3.05) is 6.54 Å². The summed E-state index contributed by atoms with van der Waals surface area (Å²) in [5.74, 6) is 0. The molecule has 110 valence electrons. The Labute approximate surface area is 124 Å². The zero-order valence-corrected chi connectivity index (χ0v) is 12.5. The van der Waals surface area contributed by atoms with Crippen LogP contribution in [0.4, 0.5) is 0 Å². The van der Waals surface area contributed by atoms with Gasteiger partial charge >= 0.3 is 0 Å². The molecule has 2 rings (SSSR count). The third-order valence-corrected chi connectivity index (χ3v) is 4.16. The second-order valence-electron chi connectivity index (χ2n) is 4.54. The zero-order valence-electron chi connectivity index (χ0n) is 11.7. The van der Waals surface area contributed by atoms with Crippen molar-refractivity contribution in [3.8, 4) is 0 Å². The summed E-state index contributed by atoms with van der Waals surface area (Å²) in [7, 11) is -3.68. The van der Waals surface area contributed by atoms with Crippen molar-refractivity contribution >= 4 is 15.7 Å². The van der Waals surface area contributed by atoms with Crippen molar-refractivity contribution < 1.29 is 8.42 Å². The normalized spacial score (nSPS) is 12.2. The van der Waals surface area contributed by atoms with E-state index in [4.69, 9.17) is 5.73 Å². The summed E-state index contributed by atoms with van der Waals surface area (Å²) in [4.78, 5) is 2.39. The summed E-state index contributed by atoms with van der Waals surface area (Å²) in [5, 5.41) is 3.94. The zero-order chi connectivity index (χ0) is 15.3. The number of hydrogen-bond acceptors (Lipinski definition) is 4. The lowest BCUT2D eigenvalue weighted by Crippen LogP contribution is -2.24. The van der Waals surface area contributed by atoms with Crippen molar-refractivity contribution in [1.82, 2.24) is 4.83 Å². The van der Waals surface area contributed by atoms with Crippen molar-refractivity contribution in [3.05, 3.63) is 65.7 Å². The molecule has 0 aliphatic rings. The lowest BCUT2D eigenvalue weighted by molar-refractivity contribution is 0.584. The van der Waals surface area contributed by atoms with Gasteiger partial charge in [0, 0.05) is 6.54 Å². The van der Waals surface area contributed by atoms with Gasteiger partial charge in [-0.2, -0.15) is 18.4 Å². The van der Waals surface area contributed by atoms with Crippen LogP contribution in [0.5, 0.6) is 0 Å². The number of nitrogens with one attached hydrogen (secondary N) is 1. The van der Waals surface area contributed by atoms with Gasteiger partial charge in [0.1, 0.15) is 0 Å². The molecule has 5 nitrogen and oxygen atoms in total. The lowest BCUT2D eigenvalue weighted by Gasteiger charge is -2.07. The van der Waals surface area contributed by atoms with Crippen LogP contribution in [0.3, 0.4) is 0 Å². The topological polar surface area (TPSA) is 84.5 Å². The van der Waals surface area contributed by atoms with Crippen molar-refractivity contribution in [3.63, 3.8) is 0 Å². The molecule has 0 aliphatic carbocycles. The molecule has 2 aromatic rings. The molecule has 0 radical (unpaired) electrons. The van der Waals surface area contributed by atoms with Gasteiger partial charge in [0.2, 0.25) is 0 Å². The van der Waals surface area contributed by atoms with Crippen LogP contribution in [0, 0.1) is 6.92 Å². The Bertz CT molecular complexity index is 723. The highest BCUT2D eigenvalue weighted by Crippen LogP contribution is 2.10. The van der Waals surface area contributed by atoms with Gasteiger partial charge in [0.25, 0.3) is 10.0 Å². The Balaban J connectivity index is 2.24. The highest BCUT2D eigenvalue weighted by atomic mass is 32.2. The van der Waals surface area contributed by atoms with Crippen LogP contribution >= 0.6 is 0 Å². The van der Waals surface area contributed by atoms with Gasteiger partial charge in [0.05, 0.1) is 10.6 Å². The van der Waals surface area contributed by atoms with Crippen LogP contribution < -0.4 is 10.6 Å². The summed E-state index contributed by atoms with van der Waals surface area (Å²) in [5.41, 5.74) is 7.88. The first kappa shape index (κ1) is 15.2. The third-order valence-electron chi connectivity index (χ3n) is 2.93. The van der Waals surface area contributed by atoms with Gasteiger partial charge in [-0.1, -0.05) is 48.0 Å². The number of nitrogens with zero attached hydrogens (tertiary/aromatic N) is 1. The van der Waals surface area contributed by atoms with Crippen LogP contribution in [0.25, 0.3) is 0 Å². The summed E-state index contributed by atoms with van der Waals surface area (Å²) >= 11 is 0. The summed E-state index contributed by atoms with van der Waals surface area (Å²) in [6.45, 7) is 2.03. The standard InChI is InChI=1S/C15H17N3O2S/c1-12-7-9-14(10-8-12)21(19,20)18-17-15(11-16)13-5-3-2-4-6-13/h2-10,18H,11,16H2,1H3. The van der Waals surface area contributed by atoms with E-state index in [1.54, 1.807) is 12.1 Å². The van der Waals surface area contributed by atoms with Crippen LogP contribution in [0.1, 0.15) is 11.1 Å². The molecule has 2 aromatic carbocycles. The number of hydrazone groups is 1. The molecule has 3 N–H and O–H groups in total. The Morgan fingerprint density at radius 1 is 1.10 bits per heavy atom. The fourth-order valence-corrected chi connectivity index (χ4v) is 2.57. The maximum Gasteiger partial charge on any atom is 0.276 e. The van der Waals surface area contributed by atoms with Crippen LogP contribution in [0.15, 0.2) is 64.6 Å². The average molecular weight is 303 g/mol. The first-order valence-corrected chi connectivity index (χ1v) is 7.92.